The summed E-state index contributed by atoms with van der Waals surface area (Å²) in [6, 6.07) is 59.5. The number of anilines is 3. The molecule has 12 rings (SSSR count). The summed E-state index contributed by atoms with van der Waals surface area (Å²) in [6.07, 6.45) is 6.69. The standard InChI is InChI=1S/C58H49NO/c1-57(2)50-20-12-10-18-44(50)49-34-40(26-31-51(49)57)59(41-25-30-46-45-28-23-38(36-14-6-5-7-15-36)32-52(45)58(3,4)53(46)35-41)56-42-17-9-8-16-37(42)22-27-43(56)39-24-29-48-47-19-11-13-21-54(47)60-55(48)33-39/h8-13,16-36H,5-7,14-15H2,1-4H3. The summed E-state index contributed by atoms with van der Waals surface area (Å²) in [4.78, 5) is 2.56. The molecule has 8 aromatic carbocycles. The first-order valence-corrected chi connectivity index (χ1v) is 22.0. The Morgan fingerprint density at radius 1 is 0.450 bits per heavy atom. The van der Waals surface area contributed by atoms with Crippen LogP contribution in [0.5, 0.6) is 0 Å². The lowest BCUT2D eigenvalue weighted by atomic mass is 9.79. The molecule has 9 aromatic rings. The van der Waals surface area contributed by atoms with E-state index in [4.69, 9.17) is 4.42 Å². The first-order chi connectivity index (χ1) is 29.3. The molecule has 0 saturated heterocycles. The van der Waals surface area contributed by atoms with Crippen LogP contribution in [0, 0.1) is 0 Å². The Balaban J connectivity index is 1.10. The quantitative estimate of drug-likeness (QED) is 0.173. The number of fused-ring (bicyclic) bond motifs is 10. The van der Waals surface area contributed by atoms with E-state index in [0.29, 0.717) is 5.92 Å². The lowest BCUT2D eigenvalue weighted by Crippen LogP contribution is -2.18. The normalized spacial score (nSPS) is 16.2. The molecule has 0 unspecified atom stereocenters. The minimum absolute atomic E-state index is 0.0816. The zero-order valence-electron chi connectivity index (χ0n) is 35.0. The van der Waals surface area contributed by atoms with Gasteiger partial charge in [0.15, 0.2) is 0 Å². The summed E-state index contributed by atoms with van der Waals surface area (Å²) in [5, 5.41) is 4.71. The smallest absolute Gasteiger partial charge is 0.136 e. The van der Waals surface area contributed by atoms with E-state index in [2.05, 4.69) is 184 Å². The fourth-order valence-electron chi connectivity index (χ4n) is 11.4. The van der Waals surface area contributed by atoms with Crippen LogP contribution in [-0.4, -0.2) is 0 Å². The predicted molar refractivity (Wildman–Crippen MR) is 252 cm³/mol. The van der Waals surface area contributed by atoms with Crippen molar-refractivity contribution in [2.24, 2.45) is 0 Å². The molecule has 3 aliphatic carbocycles. The average Bonchev–Trinajstić information content (AvgIpc) is 3.85. The Labute approximate surface area is 353 Å². The van der Waals surface area contributed by atoms with Gasteiger partial charge >= 0.3 is 0 Å². The van der Waals surface area contributed by atoms with E-state index in [0.717, 1.165) is 44.4 Å². The number of benzene rings is 8. The van der Waals surface area contributed by atoms with Gasteiger partial charge in [0.2, 0.25) is 0 Å². The Kier molecular flexibility index (Phi) is 7.74. The zero-order valence-corrected chi connectivity index (χ0v) is 35.0. The fraction of sp³-hybridized carbons (Fsp3) is 0.207. The molecular weight excluding hydrogens is 727 g/mol. The van der Waals surface area contributed by atoms with Gasteiger partial charge in [-0.15, -0.1) is 0 Å². The predicted octanol–water partition coefficient (Wildman–Crippen LogP) is 16.5. The lowest BCUT2D eigenvalue weighted by molar-refractivity contribution is 0.443. The molecule has 0 amide bonds. The number of nitrogens with zero attached hydrogens (tertiary/aromatic N) is 1. The highest BCUT2D eigenvalue weighted by Gasteiger charge is 2.38. The maximum Gasteiger partial charge on any atom is 0.136 e. The molecule has 292 valence electrons. The van der Waals surface area contributed by atoms with Gasteiger partial charge in [-0.1, -0.05) is 162 Å². The summed E-state index contributed by atoms with van der Waals surface area (Å²) in [5.74, 6) is 0.674. The molecule has 0 aliphatic heterocycles. The van der Waals surface area contributed by atoms with E-state index < -0.39 is 0 Å². The third-order valence-corrected chi connectivity index (χ3v) is 14.7. The second-order valence-corrected chi connectivity index (χ2v) is 18.7. The Hall–Kier alpha value is -6.38. The highest BCUT2D eigenvalue weighted by Crippen LogP contribution is 2.55. The molecule has 1 heterocycles. The van der Waals surface area contributed by atoms with Crippen LogP contribution in [-0.2, 0) is 10.8 Å². The third-order valence-electron chi connectivity index (χ3n) is 14.7. The van der Waals surface area contributed by atoms with Crippen molar-refractivity contribution in [1.29, 1.82) is 0 Å². The first kappa shape index (κ1) is 35.6. The van der Waals surface area contributed by atoms with Crippen LogP contribution in [0.3, 0.4) is 0 Å². The fourth-order valence-corrected chi connectivity index (χ4v) is 11.4. The van der Waals surface area contributed by atoms with E-state index in [-0.39, 0.29) is 10.8 Å². The number of para-hydroxylation sites is 1. The van der Waals surface area contributed by atoms with Crippen molar-refractivity contribution < 1.29 is 4.42 Å². The summed E-state index contributed by atoms with van der Waals surface area (Å²) in [7, 11) is 0. The van der Waals surface area contributed by atoms with Gasteiger partial charge in [-0.05, 0) is 122 Å². The van der Waals surface area contributed by atoms with Gasteiger partial charge in [-0.25, -0.2) is 0 Å². The van der Waals surface area contributed by atoms with E-state index in [1.165, 1.54) is 98.6 Å². The van der Waals surface area contributed by atoms with E-state index in [9.17, 15) is 0 Å². The highest BCUT2D eigenvalue weighted by molar-refractivity contribution is 6.10. The molecule has 1 fully saturated rings. The van der Waals surface area contributed by atoms with Crippen molar-refractivity contribution in [1.82, 2.24) is 0 Å². The minimum Gasteiger partial charge on any atom is -0.456 e. The molecule has 0 spiro atoms. The molecule has 2 nitrogen and oxygen atoms in total. The van der Waals surface area contributed by atoms with Gasteiger partial charge in [-0.2, -0.15) is 0 Å². The molecule has 0 N–H and O–H groups in total. The van der Waals surface area contributed by atoms with Crippen LogP contribution in [0.1, 0.15) is 93.5 Å². The Bertz CT molecular complexity index is 3210. The van der Waals surface area contributed by atoms with E-state index in [1.54, 1.807) is 0 Å². The van der Waals surface area contributed by atoms with Crippen LogP contribution >= 0.6 is 0 Å². The number of furan rings is 1. The molecule has 3 aliphatic rings. The van der Waals surface area contributed by atoms with Crippen molar-refractivity contribution in [3.8, 4) is 33.4 Å². The highest BCUT2D eigenvalue weighted by atomic mass is 16.3. The Morgan fingerprint density at radius 3 is 1.95 bits per heavy atom. The summed E-state index contributed by atoms with van der Waals surface area (Å²) < 4.78 is 6.51. The maximum absolute atomic E-state index is 6.51. The molecule has 0 bridgehead atoms. The summed E-state index contributed by atoms with van der Waals surface area (Å²) in [6.45, 7) is 9.62. The second-order valence-electron chi connectivity index (χ2n) is 18.7. The molecule has 0 atom stereocenters. The van der Waals surface area contributed by atoms with E-state index >= 15 is 0 Å². The SMILES string of the molecule is CC1(C)c2ccccc2-c2cc(N(c3ccc4c(c3)C(C)(C)c3cc(C5CCCCC5)ccc3-4)c3c(-c4ccc5c(c4)oc4ccccc45)ccc4ccccc34)ccc21. The number of hydrogen-bond donors (Lipinski definition) is 0. The van der Waals surface area contributed by atoms with Crippen LogP contribution < -0.4 is 4.90 Å². The van der Waals surface area contributed by atoms with Crippen molar-refractivity contribution in [2.75, 3.05) is 4.90 Å². The largest absolute Gasteiger partial charge is 0.456 e. The van der Waals surface area contributed by atoms with Crippen LogP contribution in [0.2, 0.25) is 0 Å². The molecule has 60 heavy (non-hydrogen) atoms. The minimum atomic E-state index is -0.147. The average molecular weight is 776 g/mol. The van der Waals surface area contributed by atoms with Crippen LogP contribution in [0.15, 0.2) is 162 Å². The molecule has 1 aromatic heterocycles. The monoisotopic (exact) mass is 775 g/mol. The van der Waals surface area contributed by atoms with Gasteiger partial charge in [0.05, 0.1) is 5.69 Å². The van der Waals surface area contributed by atoms with Crippen molar-refractivity contribution in [3.63, 3.8) is 0 Å². The summed E-state index contributed by atoms with van der Waals surface area (Å²) >= 11 is 0. The van der Waals surface area contributed by atoms with Crippen LogP contribution in [0.25, 0.3) is 66.1 Å². The number of hydrogen-bond acceptors (Lipinski definition) is 2. The van der Waals surface area contributed by atoms with Gasteiger partial charge in [0.25, 0.3) is 0 Å². The van der Waals surface area contributed by atoms with Gasteiger partial charge in [-0.3, -0.25) is 0 Å². The third kappa shape index (κ3) is 5.19. The molecule has 0 radical (unpaired) electrons. The van der Waals surface area contributed by atoms with E-state index in [1.807, 2.05) is 6.07 Å². The molecule has 2 heteroatoms. The zero-order chi connectivity index (χ0) is 40.3. The van der Waals surface area contributed by atoms with Crippen molar-refractivity contribution in [3.05, 3.63) is 186 Å². The molecular formula is C58H49NO. The van der Waals surface area contributed by atoms with Crippen molar-refractivity contribution >= 4 is 49.8 Å². The number of rotatable bonds is 5. The van der Waals surface area contributed by atoms with Gasteiger partial charge in [0, 0.05) is 43.9 Å². The van der Waals surface area contributed by atoms with Gasteiger partial charge < -0.3 is 9.32 Å². The topological polar surface area (TPSA) is 16.4 Å². The second kappa shape index (κ2) is 13.1. The van der Waals surface area contributed by atoms with Gasteiger partial charge in [0.1, 0.15) is 11.2 Å². The maximum atomic E-state index is 6.51. The summed E-state index contributed by atoms with van der Waals surface area (Å²) in [5.41, 5.74) is 19.9. The van der Waals surface area contributed by atoms with Crippen LogP contribution in [0.4, 0.5) is 17.1 Å². The van der Waals surface area contributed by atoms with Crippen molar-refractivity contribution in [2.45, 2.75) is 76.5 Å². The first-order valence-electron chi connectivity index (χ1n) is 22.0. The lowest BCUT2D eigenvalue weighted by Gasteiger charge is -2.31. The molecule has 1 saturated carbocycles. The Morgan fingerprint density at radius 2 is 1.08 bits per heavy atom.